The standard InChI is InChI=1S/C18H36FO7P/c1-2-3-4-5-6-7-8-9-10-11-12-27(24,25)26-18-13(19)14(20)15(21)16(22)17(18)23/h13-18,20-23H,2-12H2,1H3,(H,24,25)/t13-,14-,15+,16-,17+,18+/m0/s1. The highest BCUT2D eigenvalue weighted by atomic mass is 31.2. The van der Waals surface area contributed by atoms with Crippen molar-refractivity contribution < 1.29 is 38.8 Å². The van der Waals surface area contributed by atoms with E-state index in [2.05, 4.69) is 6.92 Å². The Morgan fingerprint density at radius 1 is 0.778 bits per heavy atom. The van der Waals surface area contributed by atoms with Crippen molar-refractivity contribution in [3.8, 4) is 0 Å². The molecule has 0 aliphatic heterocycles. The predicted molar refractivity (Wildman–Crippen MR) is 100 cm³/mol. The molecule has 1 fully saturated rings. The fourth-order valence-electron chi connectivity index (χ4n) is 3.33. The molecule has 9 heteroatoms. The van der Waals surface area contributed by atoms with Crippen LogP contribution in [-0.4, -0.2) is 68.2 Å². The number of aliphatic hydroxyl groups is 4. The van der Waals surface area contributed by atoms with Gasteiger partial charge in [-0.15, -0.1) is 0 Å². The molecule has 1 aliphatic rings. The van der Waals surface area contributed by atoms with Gasteiger partial charge in [0.05, 0.1) is 0 Å². The number of hydrogen-bond acceptors (Lipinski definition) is 6. The molecule has 162 valence electrons. The van der Waals surface area contributed by atoms with Crippen LogP contribution in [0.4, 0.5) is 4.39 Å². The van der Waals surface area contributed by atoms with E-state index in [1.807, 2.05) is 0 Å². The van der Waals surface area contributed by atoms with Gasteiger partial charge in [0.2, 0.25) is 0 Å². The average molecular weight is 414 g/mol. The van der Waals surface area contributed by atoms with Crippen molar-refractivity contribution in [2.45, 2.75) is 108 Å². The molecule has 1 rings (SSSR count). The predicted octanol–water partition coefficient (Wildman–Crippen LogP) is 2.27. The summed E-state index contributed by atoms with van der Waals surface area (Å²) in [5.74, 6) is 0. The van der Waals surface area contributed by atoms with Crippen molar-refractivity contribution in [2.75, 3.05) is 6.16 Å². The van der Waals surface area contributed by atoms with E-state index in [0.717, 1.165) is 25.7 Å². The van der Waals surface area contributed by atoms with Crippen molar-refractivity contribution in [1.29, 1.82) is 0 Å². The Morgan fingerprint density at radius 3 is 1.74 bits per heavy atom. The van der Waals surface area contributed by atoms with Crippen LogP contribution in [0.2, 0.25) is 0 Å². The van der Waals surface area contributed by atoms with Gasteiger partial charge in [0.1, 0.15) is 30.5 Å². The monoisotopic (exact) mass is 414 g/mol. The summed E-state index contributed by atoms with van der Waals surface area (Å²) in [5.41, 5.74) is 0. The van der Waals surface area contributed by atoms with E-state index in [-0.39, 0.29) is 6.16 Å². The molecule has 0 spiro atoms. The second-order valence-corrected chi connectivity index (χ2v) is 9.45. The third-order valence-electron chi connectivity index (χ3n) is 5.11. The number of alkyl halides is 1. The first kappa shape index (κ1) is 25.0. The SMILES string of the molecule is CCCCCCCCCCCCP(=O)(O)O[C@H]1[C@H](O)[C@@H](O)[C@H](O)[C@@H](O)[C@@H]1F. The molecule has 27 heavy (non-hydrogen) atoms. The Bertz CT molecular complexity index is 437. The van der Waals surface area contributed by atoms with Gasteiger partial charge in [0, 0.05) is 6.16 Å². The quantitative estimate of drug-likeness (QED) is 0.231. The minimum Gasteiger partial charge on any atom is -0.387 e. The van der Waals surface area contributed by atoms with E-state index < -0.39 is 44.3 Å². The van der Waals surface area contributed by atoms with Crippen LogP contribution in [0, 0.1) is 0 Å². The second-order valence-electron chi connectivity index (χ2n) is 7.52. The molecule has 0 amide bonds. The minimum absolute atomic E-state index is 0.186. The zero-order valence-corrected chi connectivity index (χ0v) is 17.0. The lowest BCUT2D eigenvalue weighted by atomic mass is 9.86. The van der Waals surface area contributed by atoms with Crippen molar-refractivity contribution in [2.24, 2.45) is 0 Å². The first-order valence-corrected chi connectivity index (χ1v) is 11.8. The van der Waals surface area contributed by atoms with Gasteiger partial charge in [-0.3, -0.25) is 9.09 Å². The Labute approximate surface area is 161 Å². The van der Waals surface area contributed by atoms with Crippen LogP contribution in [-0.2, 0) is 9.09 Å². The van der Waals surface area contributed by atoms with Gasteiger partial charge in [0.15, 0.2) is 6.17 Å². The van der Waals surface area contributed by atoms with Crippen LogP contribution < -0.4 is 0 Å². The van der Waals surface area contributed by atoms with Crippen molar-refractivity contribution in [1.82, 2.24) is 0 Å². The smallest absolute Gasteiger partial charge is 0.328 e. The zero-order chi connectivity index (χ0) is 20.4. The molecule has 1 aliphatic carbocycles. The molecule has 0 saturated heterocycles. The van der Waals surface area contributed by atoms with Gasteiger partial charge < -0.3 is 25.3 Å². The van der Waals surface area contributed by atoms with Crippen LogP contribution in [0.1, 0.15) is 71.1 Å². The molecule has 0 aromatic carbocycles. The first-order chi connectivity index (χ1) is 12.7. The molecular formula is C18H36FO7P. The molecule has 0 aromatic heterocycles. The maximum absolute atomic E-state index is 14.0. The molecule has 0 heterocycles. The Morgan fingerprint density at radius 2 is 1.22 bits per heavy atom. The Kier molecular flexibility index (Phi) is 11.5. The third kappa shape index (κ3) is 8.44. The van der Waals surface area contributed by atoms with E-state index in [0.29, 0.717) is 6.42 Å². The van der Waals surface area contributed by atoms with Gasteiger partial charge in [-0.1, -0.05) is 64.7 Å². The summed E-state index contributed by atoms with van der Waals surface area (Å²) in [6.07, 6.45) is -1.41. The van der Waals surface area contributed by atoms with Gasteiger partial charge in [-0.25, -0.2) is 4.39 Å². The van der Waals surface area contributed by atoms with Gasteiger partial charge >= 0.3 is 7.60 Å². The normalized spacial score (nSPS) is 33.7. The second kappa shape index (κ2) is 12.5. The molecule has 0 bridgehead atoms. The Balaban J connectivity index is 2.26. The number of halogens is 1. The zero-order valence-electron chi connectivity index (χ0n) is 16.1. The summed E-state index contributed by atoms with van der Waals surface area (Å²) in [5, 5.41) is 38.3. The van der Waals surface area contributed by atoms with E-state index in [1.165, 1.54) is 32.1 Å². The summed E-state index contributed by atoms with van der Waals surface area (Å²) in [6.45, 7) is 2.18. The Hall–Kier alpha value is -0.0800. The minimum atomic E-state index is -4.19. The topological polar surface area (TPSA) is 127 Å². The summed E-state index contributed by atoms with van der Waals surface area (Å²) >= 11 is 0. The van der Waals surface area contributed by atoms with Crippen LogP contribution in [0.3, 0.4) is 0 Å². The molecule has 0 aromatic rings. The van der Waals surface area contributed by atoms with Crippen LogP contribution >= 0.6 is 7.60 Å². The molecular weight excluding hydrogens is 378 g/mol. The molecule has 7 nitrogen and oxygen atoms in total. The van der Waals surface area contributed by atoms with Crippen LogP contribution in [0.15, 0.2) is 0 Å². The summed E-state index contributed by atoms with van der Waals surface area (Å²) in [4.78, 5) is 9.89. The number of aliphatic hydroxyl groups excluding tert-OH is 4. The number of hydrogen-bond donors (Lipinski definition) is 5. The molecule has 7 atom stereocenters. The summed E-state index contributed by atoms with van der Waals surface area (Å²) in [7, 11) is -4.19. The lowest BCUT2D eigenvalue weighted by Gasteiger charge is -2.40. The highest BCUT2D eigenvalue weighted by Crippen LogP contribution is 2.47. The lowest BCUT2D eigenvalue weighted by Crippen LogP contribution is -2.62. The van der Waals surface area contributed by atoms with Gasteiger partial charge in [0.25, 0.3) is 0 Å². The van der Waals surface area contributed by atoms with Gasteiger partial charge in [-0.2, -0.15) is 0 Å². The fraction of sp³-hybridized carbons (Fsp3) is 1.00. The van der Waals surface area contributed by atoms with Crippen molar-refractivity contribution >= 4 is 7.60 Å². The maximum Gasteiger partial charge on any atom is 0.328 e. The molecule has 1 saturated carbocycles. The number of rotatable bonds is 13. The van der Waals surface area contributed by atoms with Crippen LogP contribution in [0.25, 0.3) is 0 Å². The molecule has 5 N–H and O–H groups in total. The number of unbranched alkanes of at least 4 members (excludes halogenated alkanes) is 9. The van der Waals surface area contributed by atoms with Crippen molar-refractivity contribution in [3.63, 3.8) is 0 Å². The average Bonchev–Trinajstić information content (AvgIpc) is 2.63. The van der Waals surface area contributed by atoms with E-state index in [1.54, 1.807) is 0 Å². The highest BCUT2D eigenvalue weighted by molar-refractivity contribution is 7.52. The van der Waals surface area contributed by atoms with Crippen LogP contribution in [0.5, 0.6) is 0 Å². The third-order valence-corrected chi connectivity index (χ3v) is 6.56. The summed E-state index contributed by atoms with van der Waals surface area (Å²) < 4.78 is 31.0. The molecule has 0 radical (unpaired) electrons. The van der Waals surface area contributed by atoms with Gasteiger partial charge in [-0.05, 0) is 6.42 Å². The largest absolute Gasteiger partial charge is 0.387 e. The van der Waals surface area contributed by atoms with E-state index in [9.17, 15) is 34.3 Å². The maximum atomic E-state index is 14.0. The fourth-order valence-corrected chi connectivity index (χ4v) is 4.68. The molecule has 1 unspecified atom stereocenters. The van der Waals surface area contributed by atoms with Crippen molar-refractivity contribution in [3.05, 3.63) is 0 Å². The lowest BCUT2D eigenvalue weighted by molar-refractivity contribution is -0.201. The highest BCUT2D eigenvalue weighted by Gasteiger charge is 2.51. The van der Waals surface area contributed by atoms with E-state index in [4.69, 9.17) is 4.52 Å². The summed E-state index contributed by atoms with van der Waals surface area (Å²) in [6, 6.07) is 0. The first-order valence-electron chi connectivity index (χ1n) is 10.1. The van der Waals surface area contributed by atoms with E-state index >= 15 is 0 Å².